The van der Waals surface area contributed by atoms with E-state index < -0.39 is 0 Å². The highest BCUT2D eigenvalue weighted by atomic mass is 16.5. The zero-order chi connectivity index (χ0) is 11.4. The largest absolute Gasteiger partial charge is 0.380 e. The molecule has 0 aliphatic heterocycles. The Morgan fingerprint density at radius 1 is 1.53 bits per heavy atom. The molecule has 0 heterocycles. The minimum absolute atomic E-state index is 0.0519. The molecule has 1 amide bonds. The van der Waals surface area contributed by atoms with Crippen molar-refractivity contribution in [2.45, 2.75) is 6.42 Å². The summed E-state index contributed by atoms with van der Waals surface area (Å²) in [4.78, 5) is 11.0. The van der Waals surface area contributed by atoms with Gasteiger partial charge in [-0.2, -0.15) is 5.26 Å². The van der Waals surface area contributed by atoms with Crippen LogP contribution in [0.5, 0.6) is 0 Å². The average molecular weight is 211 g/mol. The Morgan fingerprint density at radius 2 is 2.33 bits per heavy atom. The molecule has 0 rings (SSSR count). The first-order valence-electron chi connectivity index (χ1n) is 4.84. The molecule has 0 aromatic carbocycles. The number of rotatable bonds is 9. The van der Waals surface area contributed by atoms with E-state index in [2.05, 4.69) is 17.2 Å². The van der Waals surface area contributed by atoms with Crippen LogP contribution >= 0.6 is 0 Å². The number of hydrogen-bond donors (Lipinski definition) is 2. The van der Waals surface area contributed by atoms with E-state index in [1.54, 1.807) is 6.08 Å². The summed E-state index contributed by atoms with van der Waals surface area (Å²) in [7, 11) is 0. The van der Waals surface area contributed by atoms with Gasteiger partial charge in [0.1, 0.15) is 6.54 Å². The summed E-state index contributed by atoms with van der Waals surface area (Å²) in [5, 5.41) is 13.5. The fraction of sp³-hybridized carbons (Fsp3) is 0.600. The number of hydrogen-bond acceptors (Lipinski definition) is 4. The average Bonchev–Trinajstić information content (AvgIpc) is 2.25. The monoisotopic (exact) mass is 211 g/mol. The lowest BCUT2D eigenvalue weighted by Crippen LogP contribution is -2.35. The Hall–Kier alpha value is -1.38. The molecule has 0 radical (unpaired) electrons. The Kier molecular flexibility index (Phi) is 9.71. The van der Waals surface area contributed by atoms with Crippen LogP contribution in [0.1, 0.15) is 6.42 Å². The second kappa shape index (κ2) is 10.7. The summed E-state index contributed by atoms with van der Waals surface area (Å²) in [5.41, 5.74) is 0. The normalized spacial score (nSPS) is 9.27. The van der Waals surface area contributed by atoms with Gasteiger partial charge in [0.15, 0.2) is 0 Å². The van der Waals surface area contributed by atoms with Crippen molar-refractivity contribution in [3.05, 3.63) is 12.7 Å². The summed E-state index contributed by atoms with van der Waals surface area (Å²) in [6, 6.07) is 1.83. The van der Waals surface area contributed by atoms with Gasteiger partial charge in [-0.3, -0.25) is 4.79 Å². The topological polar surface area (TPSA) is 74.2 Å². The number of ether oxygens (including phenoxy) is 1. The van der Waals surface area contributed by atoms with E-state index in [0.29, 0.717) is 19.8 Å². The number of amides is 1. The van der Waals surface area contributed by atoms with Crippen molar-refractivity contribution in [1.82, 2.24) is 10.6 Å². The Balaban J connectivity index is 3.13. The van der Waals surface area contributed by atoms with E-state index in [-0.39, 0.29) is 19.0 Å². The van der Waals surface area contributed by atoms with Gasteiger partial charge < -0.3 is 15.4 Å². The van der Waals surface area contributed by atoms with Gasteiger partial charge in [0, 0.05) is 6.54 Å². The molecule has 2 N–H and O–H groups in total. The van der Waals surface area contributed by atoms with Crippen molar-refractivity contribution in [2.24, 2.45) is 0 Å². The highest BCUT2D eigenvalue weighted by Crippen LogP contribution is 1.81. The quantitative estimate of drug-likeness (QED) is 0.315. The molecule has 0 saturated heterocycles. The minimum atomic E-state index is -0.178. The highest BCUT2D eigenvalue weighted by molar-refractivity contribution is 5.78. The lowest BCUT2D eigenvalue weighted by Gasteiger charge is -2.04. The van der Waals surface area contributed by atoms with E-state index in [1.165, 1.54) is 0 Å². The maximum Gasteiger partial charge on any atom is 0.234 e. The van der Waals surface area contributed by atoms with Crippen LogP contribution in [0, 0.1) is 11.3 Å². The first kappa shape index (κ1) is 13.6. The first-order chi connectivity index (χ1) is 7.31. The maximum atomic E-state index is 11.0. The molecule has 0 aliphatic carbocycles. The Morgan fingerprint density at radius 3 is 3.00 bits per heavy atom. The molecule has 15 heavy (non-hydrogen) atoms. The van der Waals surface area contributed by atoms with Crippen molar-refractivity contribution in [3.8, 4) is 6.07 Å². The third-order valence-electron chi connectivity index (χ3n) is 1.54. The number of nitrogens with one attached hydrogen (secondary N) is 2. The molecular weight excluding hydrogens is 194 g/mol. The molecular formula is C10H17N3O2. The number of carbonyl (C=O) groups is 1. The van der Waals surface area contributed by atoms with E-state index >= 15 is 0 Å². The van der Waals surface area contributed by atoms with E-state index in [0.717, 1.165) is 6.42 Å². The predicted octanol–water partition coefficient (Wildman–Crippen LogP) is -0.192. The molecule has 0 aromatic rings. The standard InChI is InChI=1S/C10H17N3O2/c1-2-3-7-15-8-6-12-9-10(14)13-5-4-11/h2,12H,1,3,5-9H2,(H,13,14). The number of carbonyl (C=O) groups excluding carboxylic acids is 1. The fourth-order valence-corrected chi connectivity index (χ4v) is 0.816. The summed E-state index contributed by atoms with van der Waals surface area (Å²) in [6.07, 6.45) is 2.63. The third-order valence-corrected chi connectivity index (χ3v) is 1.54. The number of nitrogens with zero attached hydrogens (tertiary/aromatic N) is 1. The van der Waals surface area contributed by atoms with Crippen LogP contribution in [-0.4, -0.2) is 38.8 Å². The van der Waals surface area contributed by atoms with Crippen LogP contribution in [0.4, 0.5) is 0 Å². The summed E-state index contributed by atoms with van der Waals surface area (Å²) in [6.45, 7) is 5.69. The molecule has 0 aromatic heterocycles. The second-order valence-corrected chi connectivity index (χ2v) is 2.80. The van der Waals surface area contributed by atoms with Crippen molar-refractivity contribution in [3.63, 3.8) is 0 Å². The SMILES string of the molecule is C=CCCOCCNCC(=O)NCC#N. The molecule has 5 nitrogen and oxygen atoms in total. The van der Waals surface area contributed by atoms with Gasteiger partial charge in [-0.15, -0.1) is 6.58 Å². The molecule has 0 saturated carbocycles. The van der Waals surface area contributed by atoms with E-state index in [4.69, 9.17) is 10.00 Å². The lowest BCUT2D eigenvalue weighted by atomic mass is 10.4. The maximum absolute atomic E-state index is 11.0. The Bertz CT molecular complexity index is 223. The lowest BCUT2D eigenvalue weighted by molar-refractivity contribution is -0.120. The molecule has 84 valence electrons. The minimum Gasteiger partial charge on any atom is -0.380 e. The van der Waals surface area contributed by atoms with Gasteiger partial charge in [-0.05, 0) is 6.42 Å². The van der Waals surface area contributed by atoms with E-state index in [1.807, 2.05) is 6.07 Å². The van der Waals surface area contributed by atoms with Gasteiger partial charge in [-0.1, -0.05) is 6.08 Å². The van der Waals surface area contributed by atoms with Crippen molar-refractivity contribution in [2.75, 3.05) is 32.8 Å². The molecule has 0 spiro atoms. The van der Waals surface area contributed by atoms with Crippen LogP contribution in [0.25, 0.3) is 0 Å². The zero-order valence-corrected chi connectivity index (χ0v) is 8.79. The second-order valence-electron chi connectivity index (χ2n) is 2.80. The highest BCUT2D eigenvalue weighted by Gasteiger charge is 1.97. The van der Waals surface area contributed by atoms with Crippen LogP contribution in [0.3, 0.4) is 0 Å². The van der Waals surface area contributed by atoms with Crippen LogP contribution < -0.4 is 10.6 Å². The van der Waals surface area contributed by atoms with Gasteiger partial charge in [0.2, 0.25) is 5.91 Å². The van der Waals surface area contributed by atoms with Crippen LogP contribution in [0.15, 0.2) is 12.7 Å². The summed E-state index contributed by atoms with van der Waals surface area (Å²) in [5.74, 6) is -0.178. The predicted molar refractivity (Wildman–Crippen MR) is 57.1 cm³/mol. The molecule has 0 aliphatic rings. The smallest absolute Gasteiger partial charge is 0.234 e. The van der Waals surface area contributed by atoms with Crippen molar-refractivity contribution >= 4 is 5.91 Å². The van der Waals surface area contributed by atoms with Crippen molar-refractivity contribution in [1.29, 1.82) is 5.26 Å². The summed E-state index contributed by atoms with van der Waals surface area (Å²) < 4.78 is 5.22. The van der Waals surface area contributed by atoms with Gasteiger partial charge in [-0.25, -0.2) is 0 Å². The molecule has 0 bridgehead atoms. The van der Waals surface area contributed by atoms with E-state index in [9.17, 15) is 4.79 Å². The van der Waals surface area contributed by atoms with Gasteiger partial charge in [0.05, 0.1) is 25.8 Å². The van der Waals surface area contributed by atoms with Gasteiger partial charge in [0.25, 0.3) is 0 Å². The fourth-order valence-electron chi connectivity index (χ4n) is 0.816. The van der Waals surface area contributed by atoms with Gasteiger partial charge >= 0.3 is 0 Å². The van der Waals surface area contributed by atoms with Crippen molar-refractivity contribution < 1.29 is 9.53 Å². The summed E-state index contributed by atoms with van der Waals surface area (Å²) >= 11 is 0. The molecule has 0 fully saturated rings. The zero-order valence-electron chi connectivity index (χ0n) is 8.79. The number of nitriles is 1. The Labute approximate surface area is 90.1 Å². The molecule has 0 unspecified atom stereocenters. The molecule has 0 atom stereocenters. The van der Waals surface area contributed by atoms with Crippen LogP contribution in [0.2, 0.25) is 0 Å². The van der Waals surface area contributed by atoms with Crippen LogP contribution in [-0.2, 0) is 9.53 Å². The third kappa shape index (κ3) is 10.5. The molecule has 5 heteroatoms. The first-order valence-corrected chi connectivity index (χ1v) is 4.84.